The number of halogens is 2. The molecule has 2 N–H and O–H groups in total. The predicted octanol–water partition coefficient (Wildman–Crippen LogP) is 2.11. The first-order valence-corrected chi connectivity index (χ1v) is 6.75. The van der Waals surface area contributed by atoms with Gasteiger partial charge in [-0.15, -0.1) is 0 Å². The van der Waals surface area contributed by atoms with Crippen LogP contribution in [0.4, 0.5) is 11.6 Å². The van der Waals surface area contributed by atoms with E-state index in [1.54, 1.807) is 12.1 Å². The zero-order valence-electron chi connectivity index (χ0n) is 10.5. The molecule has 1 atom stereocenters. The quantitative estimate of drug-likeness (QED) is 0.904. The number of carbonyl (C=O) groups is 2. The van der Waals surface area contributed by atoms with Crippen LogP contribution in [0.25, 0.3) is 0 Å². The summed E-state index contributed by atoms with van der Waals surface area (Å²) in [7, 11) is 0. The molecule has 0 saturated heterocycles. The molecule has 9 heteroatoms. The number of fused-ring (bicyclic) bond motifs is 1. The third-order valence-electron chi connectivity index (χ3n) is 2.99. The van der Waals surface area contributed by atoms with Crippen LogP contribution in [-0.4, -0.2) is 26.6 Å². The summed E-state index contributed by atoms with van der Waals surface area (Å²) in [4.78, 5) is 27.6. The highest BCUT2D eigenvalue weighted by molar-refractivity contribution is 6.42. The molecule has 7 nitrogen and oxygen atoms in total. The molecule has 0 saturated carbocycles. The van der Waals surface area contributed by atoms with Crippen LogP contribution >= 0.6 is 23.2 Å². The molecule has 1 aromatic heterocycles. The van der Waals surface area contributed by atoms with Crippen molar-refractivity contribution in [3.05, 3.63) is 34.6 Å². The van der Waals surface area contributed by atoms with Crippen LogP contribution in [0.3, 0.4) is 0 Å². The topological polar surface area (TPSA) is 88.9 Å². The summed E-state index contributed by atoms with van der Waals surface area (Å²) in [5, 5.41) is 9.86. The van der Waals surface area contributed by atoms with Crippen molar-refractivity contribution in [3.63, 3.8) is 0 Å². The van der Waals surface area contributed by atoms with E-state index < -0.39 is 6.04 Å². The number of aromatic nitrogens is 3. The molecule has 2 heterocycles. The van der Waals surface area contributed by atoms with Crippen molar-refractivity contribution in [2.45, 2.75) is 12.5 Å². The third kappa shape index (κ3) is 2.70. The van der Waals surface area contributed by atoms with Crippen LogP contribution in [0.5, 0.6) is 0 Å². The minimum atomic E-state index is -0.703. The largest absolute Gasteiger partial charge is 0.326 e. The number of benzene rings is 1. The monoisotopic (exact) mass is 325 g/mol. The molecule has 0 aliphatic carbocycles. The smallest absolute Gasteiger partial charge is 0.252 e. The van der Waals surface area contributed by atoms with E-state index in [4.69, 9.17) is 23.2 Å². The Morgan fingerprint density at radius 3 is 2.95 bits per heavy atom. The lowest BCUT2D eigenvalue weighted by atomic mass is 10.2. The highest BCUT2D eigenvalue weighted by Crippen LogP contribution is 2.27. The van der Waals surface area contributed by atoms with Crippen LogP contribution in [-0.2, 0) is 9.59 Å². The second kappa shape index (κ2) is 5.34. The van der Waals surface area contributed by atoms with Crippen molar-refractivity contribution >= 4 is 46.7 Å². The zero-order valence-corrected chi connectivity index (χ0v) is 12.0. The van der Waals surface area contributed by atoms with Gasteiger partial charge in [-0.25, -0.2) is 4.68 Å². The molecule has 21 heavy (non-hydrogen) atoms. The molecule has 1 aliphatic heterocycles. The van der Waals surface area contributed by atoms with Gasteiger partial charge in [0.25, 0.3) is 5.91 Å². The van der Waals surface area contributed by atoms with E-state index in [1.165, 1.54) is 17.1 Å². The Kier molecular flexibility index (Phi) is 3.52. The van der Waals surface area contributed by atoms with Gasteiger partial charge in [-0.2, -0.15) is 10.1 Å². The standard InChI is InChI=1S/C12H9Cl2N5O2/c13-7-2-1-6(3-8(7)14)17-10(20)4-9-11(21)18-12-15-5-16-19(9)12/h1-3,5,9H,4H2,(H,17,20)(H,15,16,18,21). The van der Waals surface area contributed by atoms with Crippen LogP contribution in [0, 0.1) is 0 Å². The van der Waals surface area contributed by atoms with E-state index in [0.717, 1.165) is 0 Å². The van der Waals surface area contributed by atoms with E-state index in [9.17, 15) is 9.59 Å². The number of nitrogens with zero attached hydrogens (tertiary/aromatic N) is 3. The number of anilines is 2. The molecule has 0 radical (unpaired) electrons. The van der Waals surface area contributed by atoms with Crippen LogP contribution in [0.2, 0.25) is 10.0 Å². The van der Waals surface area contributed by atoms with Gasteiger partial charge < -0.3 is 5.32 Å². The van der Waals surface area contributed by atoms with Gasteiger partial charge in [0.15, 0.2) is 0 Å². The normalized spacial score (nSPS) is 16.5. The van der Waals surface area contributed by atoms with E-state index in [-0.39, 0.29) is 18.2 Å². The fourth-order valence-corrected chi connectivity index (χ4v) is 2.31. The number of carbonyl (C=O) groups excluding carboxylic acids is 2. The van der Waals surface area contributed by atoms with Gasteiger partial charge in [0.05, 0.1) is 16.5 Å². The maximum Gasteiger partial charge on any atom is 0.252 e. The van der Waals surface area contributed by atoms with Crippen molar-refractivity contribution in [1.29, 1.82) is 0 Å². The van der Waals surface area contributed by atoms with Gasteiger partial charge in [-0.05, 0) is 18.2 Å². The summed E-state index contributed by atoms with van der Waals surface area (Å²) < 4.78 is 1.39. The summed E-state index contributed by atoms with van der Waals surface area (Å²) in [5.74, 6) is -0.306. The lowest BCUT2D eigenvalue weighted by Gasteiger charge is -2.10. The van der Waals surface area contributed by atoms with Crippen molar-refractivity contribution in [3.8, 4) is 0 Å². The Morgan fingerprint density at radius 2 is 2.19 bits per heavy atom. The SMILES string of the molecule is O=C(CC1C(=O)Nc2ncnn21)Nc1ccc(Cl)c(Cl)c1. The minimum Gasteiger partial charge on any atom is -0.326 e. The lowest BCUT2D eigenvalue weighted by molar-refractivity contribution is -0.123. The molecule has 1 aromatic carbocycles. The zero-order chi connectivity index (χ0) is 15.0. The minimum absolute atomic E-state index is 0.0531. The van der Waals surface area contributed by atoms with Crippen molar-refractivity contribution in [2.75, 3.05) is 10.6 Å². The molecular weight excluding hydrogens is 317 g/mol. The Bertz CT molecular complexity index is 730. The first kappa shape index (κ1) is 13.8. The molecule has 0 spiro atoms. The number of amides is 2. The van der Waals surface area contributed by atoms with Gasteiger partial charge in [0, 0.05) is 5.69 Å². The molecular formula is C12H9Cl2N5O2. The van der Waals surface area contributed by atoms with Gasteiger partial charge in [0.1, 0.15) is 12.4 Å². The number of hydrogen-bond donors (Lipinski definition) is 2. The highest BCUT2D eigenvalue weighted by Gasteiger charge is 2.33. The maximum atomic E-state index is 12.0. The summed E-state index contributed by atoms with van der Waals surface area (Å²) in [6, 6.07) is 4.04. The molecule has 2 aromatic rings. The summed E-state index contributed by atoms with van der Waals surface area (Å²) in [6.07, 6.45) is 1.26. The number of hydrogen-bond acceptors (Lipinski definition) is 4. The van der Waals surface area contributed by atoms with Crippen LogP contribution in [0.1, 0.15) is 12.5 Å². The number of nitrogens with one attached hydrogen (secondary N) is 2. The highest BCUT2D eigenvalue weighted by atomic mass is 35.5. The Hall–Kier alpha value is -2.12. The predicted molar refractivity (Wildman–Crippen MR) is 77.4 cm³/mol. The molecule has 2 amide bonds. The van der Waals surface area contributed by atoms with Crippen molar-refractivity contribution < 1.29 is 9.59 Å². The average molecular weight is 326 g/mol. The van der Waals surface area contributed by atoms with Crippen LogP contribution in [0.15, 0.2) is 24.5 Å². The molecule has 1 unspecified atom stereocenters. The molecule has 108 valence electrons. The Morgan fingerprint density at radius 1 is 1.38 bits per heavy atom. The first-order chi connectivity index (χ1) is 10.0. The number of rotatable bonds is 3. The summed E-state index contributed by atoms with van der Waals surface area (Å²) >= 11 is 11.7. The summed E-state index contributed by atoms with van der Waals surface area (Å²) in [6.45, 7) is 0. The van der Waals surface area contributed by atoms with E-state index >= 15 is 0 Å². The van der Waals surface area contributed by atoms with Gasteiger partial charge >= 0.3 is 0 Å². The second-order valence-corrected chi connectivity index (χ2v) is 5.23. The average Bonchev–Trinajstić information content (AvgIpc) is 2.97. The van der Waals surface area contributed by atoms with Crippen LogP contribution < -0.4 is 10.6 Å². The molecule has 0 bridgehead atoms. The molecule has 1 aliphatic rings. The maximum absolute atomic E-state index is 12.0. The molecule has 3 rings (SSSR count). The van der Waals surface area contributed by atoms with E-state index in [2.05, 4.69) is 20.7 Å². The Labute approximate surface area is 129 Å². The van der Waals surface area contributed by atoms with Crippen molar-refractivity contribution in [2.24, 2.45) is 0 Å². The van der Waals surface area contributed by atoms with Gasteiger partial charge in [-0.1, -0.05) is 23.2 Å². The fraction of sp³-hybridized carbons (Fsp3) is 0.167. The second-order valence-electron chi connectivity index (χ2n) is 4.41. The van der Waals surface area contributed by atoms with Gasteiger partial charge in [-0.3, -0.25) is 14.9 Å². The third-order valence-corrected chi connectivity index (χ3v) is 3.73. The first-order valence-electron chi connectivity index (χ1n) is 6.00. The molecule has 0 fully saturated rings. The summed E-state index contributed by atoms with van der Waals surface area (Å²) in [5.41, 5.74) is 0.506. The van der Waals surface area contributed by atoms with Gasteiger partial charge in [0.2, 0.25) is 11.9 Å². The fourth-order valence-electron chi connectivity index (χ4n) is 2.01. The Balaban J connectivity index is 1.70. The lowest BCUT2D eigenvalue weighted by Crippen LogP contribution is -2.23. The van der Waals surface area contributed by atoms with Crippen molar-refractivity contribution in [1.82, 2.24) is 14.8 Å². The van der Waals surface area contributed by atoms with E-state index in [1.807, 2.05) is 0 Å². The van der Waals surface area contributed by atoms with E-state index in [0.29, 0.717) is 21.7 Å².